The van der Waals surface area contributed by atoms with Gasteiger partial charge >= 0.3 is 5.69 Å². The molecule has 0 aliphatic carbocycles. The van der Waals surface area contributed by atoms with Gasteiger partial charge in [0.2, 0.25) is 0 Å². The van der Waals surface area contributed by atoms with Crippen LogP contribution in [0.1, 0.15) is 25.1 Å². The third-order valence-electron chi connectivity index (χ3n) is 3.04. The van der Waals surface area contributed by atoms with E-state index in [1.54, 1.807) is 13.0 Å². The van der Waals surface area contributed by atoms with Crippen molar-refractivity contribution in [3.05, 3.63) is 37.1 Å². The van der Waals surface area contributed by atoms with Gasteiger partial charge in [0.25, 0.3) is 5.56 Å². The standard InChI is InChI=1S/C12H15BrN2O5/c1-6(13)2-7-4-15(12(19)14-11(7)18)10-3-8(17)9(5-16)20-10/h2,4,8-10,16-17H,3,5H2,1H3,(H,14,18,19)/b6-2-/t8-,9+,10+/m0/s1. The summed E-state index contributed by atoms with van der Waals surface area (Å²) in [6, 6.07) is 0. The Balaban J connectivity index is 2.40. The zero-order valence-corrected chi connectivity index (χ0v) is 12.3. The monoisotopic (exact) mass is 346 g/mol. The van der Waals surface area contributed by atoms with Crippen molar-refractivity contribution in [2.24, 2.45) is 0 Å². The van der Waals surface area contributed by atoms with Crippen molar-refractivity contribution < 1.29 is 14.9 Å². The topological polar surface area (TPSA) is 105 Å². The van der Waals surface area contributed by atoms with Crippen LogP contribution in [0, 0.1) is 0 Å². The largest absolute Gasteiger partial charge is 0.394 e. The normalized spacial score (nSPS) is 27.0. The lowest BCUT2D eigenvalue weighted by Gasteiger charge is -2.14. The molecule has 0 saturated carbocycles. The molecule has 1 aromatic heterocycles. The summed E-state index contributed by atoms with van der Waals surface area (Å²) in [5, 5.41) is 18.7. The third-order valence-corrected chi connectivity index (χ3v) is 3.27. The van der Waals surface area contributed by atoms with E-state index in [0.29, 0.717) is 5.56 Å². The van der Waals surface area contributed by atoms with Gasteiger partial charge in [-0.25, -0.2) is 4.79 Å². The molecule has 1 aromatic rings. The molecule has 0 bridgehead atoms. The number of allylic oxidation sites excluding steroid dienone is 1. The molecule has 0 amide bonds. The van der Waals surface area contributed by atoms with Crippen LogP contribution in [-0.4, -0.2) is 38.6 Å². The molecule has 0 radical (unpaired) electrons. The number of hydrogen-bond acceptors (Lipinski definition) is 5. The highest BCUT2D eigenvalue weighted by Crippen LogP contribution is 2.27. The van der Waals surface area contributed by atoms with Crippen LogP contribution >= 0.6 is 15.9 Å². The molecular formula is C12H15BrN2O5. The molecule has 8 heteroatoms. The molecule has 0 unspecified atom stereocenters. The van der Waals surface area contributed by atoms with Crippen LogP contribution in [0.5, 0.6) is 0 Å². The number of halogens is 1. The first-order valence-electron chi connectivity index (χ1n) is 6.06. The van der Waals surface area contributed by atoms with Crippen molar-refractivity contribution in [2.75, 3.05) is 6.61 Å². The van der Waals surface area contributed by atoms with Gasteiger partial charge in [-0.3, -0.25) is 14.3 Å². The molecule has 0 aromatic carbocycles. The number of aromatic amines is 1. The average Bonchev–Trinajstić information content (AvgIpc) is 2.73. The fourth-order valence-electron chi connectivity index (χ4n) is 2.08. The SMILES string of the molecule is C/C(Br)=C/c1cn([C@H]2C[C@H](O)[C@@H](CO)O2)c(=O)[nH]c1=O. The molecule has 3 atom stereocenters. The maximum absolute atomic E-state index is 11.8. The van der Waals surface area contributed by atoms with E-state index in [9.17, 15) is 14.7 Å². The number of hydrogen-bond donors (Lipinski definition) is 3. The van der Waals surface area contributed by atoms with Crippen LogP contribution in [0.25, 0.3) is 6.08 Å². The molecule has 110 valence electrons. The van der Waals surface area contributed by atoms with E-state index in [1.807, 2.05) is 0 Å². The quantitative estimate of drug-likeness (QED) is 0.710. The average molecular weight is 347 g/mol. The first kappa shape index (κ1) is 15.2. The van der Waals surface area contributed by atoms with E-state index in [2.05, 4.69) is 20.9 Å². The van der Waals surface area contributed by atoms with Crippen molar-refractivity contribution in [3.63, 3.8) is 0 Å². The van der Waals surface area contributed by atoms with Crippen LogP contribution in [-0.2, 0) is 4.74 Å². The summed E-state index contributed by atoms with van der Waals surface area (Å²) in [6.07, 6.45) is 0.839. The number of aliphatic hydroxyl groups is 2. The maximum atomic E-state index is 11.8. The first-order valence-corrected chi connectivity index (χ1v) is 6.85. The highest BCUT2D eigenvalue weighted by molar-refractivity contribution is 9.11. The maximum Gasteiger partial charge on any atom is 0.330 e. The highest BCUT2D eigenvalue weighted by Gasteiger charge is 2.35. The lowest BCUT2D eigenvalue weighted by atomic mass is 10.2. The van der Waals surface area contributed by atoms with Crippen molar-refractivity contribution in [1.29, 1.82) is 0 Å². The van der Waals surface area contributed by atoms with E-state index >= 15 is 0 Å². The van der Waals surface area contributed by atoms with Gasteiger partial charge < -0.3 is 14.9 Å². The fourth-order valence-corrected chi connectivity index (χ4v) is 2.33. The second kappa shape index (κ2) is 6.04. The number of aliphatic hydroxyl groups excluding tert-OH is 2. The molecule has 1 fully saturated rings. The van der Waals surface area contributed by atoms with Crippen LogP contribution in [0.4, 0.5) is 0 Å². The molecule has 3 N–H and O–H groups in total. The van der Waals surface area contributed by atoms with Gasteiger partial charge in [0, 0.05) is 12.6 Å². The van der Waals surface area contributed by atoms with Gasteiger partial charge in [0.05, 0.1) is 18.3 Å². The molecule has 2 heterocycles. The Morgan fingerprint density at radius 1 is 1.65 bits per heavy atom. The molecule has 20 heavy (non-hydrogen) atoms. The number of nitrogens with one attached hydrogen (secondary N) is 1. The second-order valence-electron chi connectivity index (χ2n) is 4.60. The van der Waals surface area contributed by atoms with Crippen LogP contribution in [0.3, 0.4) is 0 Å². The molecule has 7 nitrogen and oxygen atoms in total. The molecular weight excluding hydrogens is 332 g/mol. The molecule has 1 saturated heterocycles. The Morgan fingerprint density at radius 3 is 2.90 bits per heavy atom. The molecule has 1 aliphatic rings. The minimum Gasteiger partial charge on any atom is -0.394 e. The summed E-state index contributed by atoms with van der Waals surface area (Å²) in [6.45, 7) is 1.43. The first-order chi connectivity index (χ1) is 9.42. The van der Waals surface area contributed by atoms with E-state index in [-0.39, 0.29) is 13.0 Å². The Hall–Kier alpha value is -1.22. The van der Waals surface area contributed by atoms with E-state index in [1.165, 1.54) is 10.8 Å². The number of rotatable bonds is 3. The van der Waals surface area contributed by atoms with E-state index in [4.69, 9.17) is 9.84 Å². The molecule has 1 aliphatic heterocycles. The Kier molecular flexibility index (Phi) is 4.59. The van der Waals surface area contributed by atoms with Gasteiger partial charge in [-0.1, -0.05) is 15.9 Å². The predicted octanol–water partition coefficient (Wildman–Crippen LogP) is -0.0670. The summed E-state index contributed by atoms with van der Waals surface area (Å²) in [5.41, 5.74) is -0.818. The third kappa shape index (κ3) is 3.09. The Morgan fingerprint density at radius 2 is 2.35 bits per heavy atom. The number of nitrogens with zero attached hydrogens (tertiary/aromatic N) is 1. The van der Waals surface area contributed by atoms with Crippen LogP contribution < -0.4 is 11.2 Å². The van der Waals surface area contributed by atoms with Crippen molar-refractivity contribution >= 4 is 22.0 Å². The zero-order chi connectivity index (χ0) is 14.9. The van der Waals surface area contributed by atoms with Crippen molar-refractivity contribution in [1.82, 2.24) is 9.55 Å². The lowest BCUT2D eigenvalue weighted by Crippen LogP contribution is -2.33. The van der Waals surface area contributed by atoms with Gasteiger partial charge in [0.15, 0.2) is 0 Å². The minimum absolute atomic E-state index is 0.174. The summed E-state index contributed by atoms with van der Waals surface area (Å²) < 4.78 is 7.34. The molecule has 2 rings (SSSR count). The van der Waals surface area contributed by atoms with Crippen molar-refractivity contribution in [3.8, 4) is 0 Å². The summed E-state index contributed by atoms with van der Waals surface area (Å²) in [5.74, 6) is 0. The summed E-state index contributed by atoms with van der Waals surface area (Å²) >= 11 is 3.22. The van der Waals surface area contributed by atoms with Crippen LogP contribution in [0.2, 0.25) is 0 Å². The Labute approximate surface area is 122 Å². The van der Waals surface area contributed by atoms with Gasteiger partial charge in [-0.2, -0.15) is 0 Å². The van der Waals surface area contributed by atoms with Gasteiger partial charge in [-0.05, 0) is 17.5 Å². The van der Waals surface area contributed by atoms with Gasteiger partial charge in [0.1, 0.15) is 12.3 Å². The van der Waals surface area contributed by atoms with Gasteiger partial charge in [-0.15, -0.1) is 0 Å². The minimum atomic E-state index is -0.847. The van der Waals surface area contributed by atoms with E-state index < -0.39 is 29.7 Å². The fraction of sp³-hybridized carbons (Fsp3) is 0.500. The Bertz CT molecular complexity index is 631. The highest BCUT2D eigenvalue weighted by atomic mass is 79.9. The second-order valence-corrected chi connectivity index (χ2v) is 5.85. The smallest absolute Gasteiger partial charge is 0.330 e. The number of H-pyrrole nitrogens is 1. The molecule has 0 spiro atoms. The number of aromatic nitrogens is 2. The number of ether oxygens (including phenoxy) is 1. The van der Waals surface area contributed by atoms with Crippen LogP contribution in [0.15, 0.2) is 20.3 Å². The van der Waals surface area contributed by atoms with E-state index in [0.717, 1.165) is 4.48 Å². The zero-order valence-electron chi connectivity index (χ0n) is 10.7. The lowest BCUT2D eigenvalue weighted by molar-refractivity contribution is -0.0459. The summed E-state index contributed by atoms with van der Waals surface area (Å²) in [7, 11) is 0. The summed E-state index contributed by atoms with van der Waals surface area (Å²) in [4.78, 5) is 25.7. The van der Waals surface area contributed by atoms with Crippen molar-refractivity contribution in [2.45, 2.75) is 31.8 Å². The predicted molar refractivity (Wildman–Crippen MR) is 75.5 cm³/mol.